The maximum atomic E-state index is 5.71. The Morgan fingerprint density at radius 1 is 1.11 bits per heavy atom. The van der Waals surface area contributed by atoms with Gasteiger partial charge in [-0.25, -0.2) is 0 Å². The Morgan fingerprint density at radius 3 is 2.50 bits per heavy atom. The number of benzene rings is 1. The first-order valence-electron chi connectivity index (χ1n) is 7.27. The second-order valence-corrected chi connectivity index (χ2v) is 5.21. The van der Waals surface area contributed by atoms with Crippen LogP contribution in [0, 0.1) is 0 Å². The number of nitrogens with one attached hydrogen (secondary N) is 1. The Labute approximate surface area is 111 Å². The van der Waals surface area contributed by atoms with Gasteiger partial charge in [-0.15, -0.1) is 0 Å². The summed E-state index contributed by atoms with van der Waals surface area (Å²) < 4.78 is 5.71. The Bertz CT molecular complexity index is 327. The summed E-state index contributed by atoms with van der Waals surface area (Å²) in [6.07, 6.45) is 7.99. The van der Waals surface area contributed by atoms with E-state index in [1.165, 1.54) is 37.7 Å². The lowest BCUT2D eigenvalue weighted by molar-refractivity contribution is 0.309. The highest BCUT2D eigenvalue weighted by molar-refractivity contribution is 5.29. The molecular formula is C16H25NO. The molecule has 0 saturated heterocycles. The topological polar surface area (TPSA) is 21.3 Å². The molecule has 0 radical (unpaired) electrons. The van der Waals surface area contributed by atoms with Crippen LogP contribution in [0.5, 0.6) is 5.75 Å². The van der Waals surface area contributed by atoms with Crippen LogP contribution in [0.3, 0.4) is 0 Å². The lowest BCUT2D eigenvalue weighted by Crippen LogP contribution is -2.11. The van der Waals surface area contributed by atoms with E-state index in [4.69, 9.17) is 4.74 Å². The molecule has 0 unspecified atom stereocenters. The zero-order valence-electron chi connectivity index (χ0n) is 11.5. The Hall–Kier alpha value is -1.02. The van der Waals surface area contributed by atoms with Gasteiger partial charge in [-0.1, -0.05) is 31.4 Å². The predicted molar refractivity (Wildman–Crippen MR) is 76.3 cm³/mol. The van der Waals surface area contributed by atoms with Crippen LogP contribution in [0.2, 0.25) is 0 Å². The van der Waals surface area contributed by atoms with Crippen LogP contribution < -0.4 is 10.1 Å². The highest BCUT2D eigenvalue weighted by Crippen LogP contribution is 2.33. The van der Waals surface area contributed by atoms with Gasteiger partial charge in [0.25, 0.3) is 0 Å². The van der Waals surface area contributed by atoms with E-state index in [0.717, 1.165) is 31.2 Å². The van der Waals surface area contributed by atoms with Gasteiger partial charge in [-0.2, -0.15) is 0 Å². The third-order valence-electron chi connectivity index (χ3n) is 3.80. The van der Waals surface area contributed by atoms with E-state index in [2.05, 4.69) is 29.6 Å². The largest absolute Gasteiger partial charge is 0.494 e. The Morgan fingerprint density at radius 2 is 1.83 bits per heavy atom. The second kappa shape index (κ2) is 7.42. The van der Waals surface area contributed by atoms with E-state index < -0.39 is 0 Å². The quantitative estimate of drug-likeness (QED) is 0.774. The molecule has 1 aliphatic carbocycles. The molecule has 1 N–H and O–H groups in total. The average Bonchev–Trinajstić information content (AvgIpc) is 2.45. The molecule has 1 saturated carbocycles. The fourth-order valence-electron chi connectivity index (χ4n) is 2.71. The molecule has 18 heavy (non-hydrogen) atoms. The van der Waals surface area contributed by atoms with E-state index in [9.17, 15) is 0 Å². The number of hydrogen-bond donors (Lipinski definition) is 1. The minimum atomic E-state index is 0.789. The molecular weight excluding hydrogens is 222 g/mol. The summed E-state index contributed by atoms with van der Waals surface area (Å²) in [6, 6.07) is 8.76. The first-order chi connectivity index (χ1) is 8.90. The first-order valence-corrected chi connectivity index (χ1v) is 7.27. The summed E-state index contributed by atoms with van der Waals surface area (Å²) in [5, 5.41) is 3.13. The number of hydrogen-bond acceptors (Lipinski definition) is 2. The monoisotopic (exact) mass is 247 g/mol. The Kier molecular flexibility index (Phi) is 5.53. The molecule has 2 rings (SSSR count). The molecule has 1 aromatic carbocycles. The van der Waals surface area contributed by atoms with Crippen LogP contribution in [0.1, 0.15) is 50.0 Å². The maximum absolute atomic E-state index is 5.71. The van der Waals surface area contributed by atoms with Crippen LogP contribution in [-0.2, 0) is 0 Å². The van der Waals surface area contributed by atoms with E-state index in [0.29, 0.717) is 0 Å². The zero-order chi connectivity index (χ0) is 12.6. The lowest BCUT2D eigenvalue weighted by Gasteiger charge is -2.22. The van der Waals surface area contributed by atoms with Gasteiger partial charge in [0.2, 0.25) is 0 Å². The molecule has 0 bridgehead atoms. The molecule has 1 aromatic rings. The summed E-state index contributed by atoms with van der Waals surface area (Å²) in [5.74, 6) is 1.79. The van der Waals surface area contributed by atoms with Crippen LogP contribution in [-0.4, -0.2) is 20.2 Å². The fraction of sp³-hybridized carbons (Fsp3) is 0.625. The van der Waals surface area contributed by atoms with Gasteiger partial charge in [-0.3, -0.25) is 0 Å². The summed E-state index contributed by atoms with van der Waals surface area (Å²) in [6.45, 7) is 1.81. The molecule has 100 valence electrons. The van der Waals surface area contributed by atoms with Crippen molar-refractivity contribution in [1.29, 1.82) is 0 Å². The standard InChI is InChI=1S/C16H25NO/c1-17-12-5-13-18-16-10-8-15(9-11-16)14-6-3-2-4-7-14/h8-11,14,17H,2-7,12-13H2,1H3. The van der Waals surface area contributed by atoms with Crippen molar-refractivity contribution in [2.24, 2.45) is 0 Å². The van der Waals surface area contributed by atoms with Gasteiger partial charge < -0.3 is 10.1 Å². The zero-order valence-corrected chi connectivity index (χ0v) is 11.5. The lowest BCUT2D eigenvalue weighted by atomic mass is 9.84. The van der Waals surface area contributed by atoms with E-state index in [1.807, 2.05) is 7.05 Å². The summed E-state index contributed by atoms with van der Waals surface area (Å²) in [7, 11) is 1.97. The van der Waals surface area contributed by atoms with Crippen molar-refractivity contribution in [3.8, 4) is 5.75 Å². The molecule has 0 amide bonds. The van der Waals surface area contributed by atoms with Gasteiger partial charge >= 0.3 is 0 Å². The molecule has 0 spiro atoms. The van der Waals surface area contributed by atoms with E-state index >= 15 is 0 Å². The normalized spacial score (nSPS) is 16.7. The third kappa shape index (κ3) is 4.02. The number of ether oxygens (including phenoxy) is 1. The van der Waals surface area contributed by atoms with Crippen molar-refractivity contribution in [2.45, 2.75) is 44.4 Å². The van der Waals surface area contributed by atoms with Gasteiger partial charge in [0.1, 0.15) is 5.75 Å². The summed E-state index contributed by atoms with van der Waals surface area (Å²) >= 11 is 0. The van der Waals surface area contributed by atoms with Crippen molar-refractivity contribution in [3.63, 3.8) is 0 Å². The van der Waals surface area contributed by atoms with Gasteiger partial charge in [-0.05, 0) is 56.5 Å². The molecule has 0 aliphatic heterocycles. The molecule has 2 heteroatoms. The maximum Gasteiger partial charge on any atom is 0.119 e. The predicted octanol–water partition coefficient (Wildman–Crippen LogP) is 3.72. The second-order valence-electron chi connectivity index (χ2n) is 5.21. The highest BCUT2D eigenvalue weighted by atomic mass is 16.5. The molecule has 2 nitrogen and oxygen atoms in total. The molecule has 0 heterocycles. The fourth-order valence-corrected chi connectivity index (χ4v) is 2.71. The van der Waals surface area contributed by atoms with Crippen LogP contribution >= 0.6 is 0 Å². The van der Waals surface area contributed by atoms with E-state index in [-0.39, 0.29) is 0 Å². The van der Waals surface area contributed by atoms with Crippen LogP contribution in [0.15, 0.2) is 24.3 Å². The Balaban J connectivity index is 1.81. The first kappa shape index (κ1) is 13.4. The van der Waals surface area contributed by atoms with Gasteiger partial charge in [0, 0.05) is 0 Å². The van der Waals surface area contributed by atoms with Gasteiger partial charge in [0.05, 0.1) is 6.61 Å². The molecule has 1 fully saturated rings. The van der Waals surface area contributed by atoms with Gasteiger partial charge in [0.15, 0.2) is 0 Å². The van der Waals surface area contributed by atoms with Crippen LogP contribution in [0.25, 0.3) is 0 Å². The molecule has 0 aromatic heterocycles. The van der Waals surface area contributed by atoms with Crippen molar-refractivity contribution < 1.29 is 4.74 Å². The van der Waals surface area contributed by atoms with E-state index in [1.54, 1.807) is 0 Å². The number of rotatable bonds is 6. The van der Waals surface area contributed by atoms with Crippen molar-refractivity contribution in [1.82, 2.24) is 5.32 Å². The smallest absolute Gasteiger partial charge is 0.119 e. The van der Waals surface area contributed by atoms with Crippen molar-refractivity contribution in [2.75, 3.05) is 20.2 Å². The third-order valence-corrected chi connectivity index (χ3v) is 3.80. The molecule has 1 aliphatic rings. The average molecular weight is 247 g/mol. The molecule has 0 atom stereocenters. The van der Waals surface area contributed by atoms with Crippen molar-refractivity contribution in [3.05, 3.63) is 29.8 Å². The minimum Gasteiger partial charge on any atom is -0.494 e. The SMILES string of the molecule is CNCCCOc1ccc(C2CCCCC2)cc1. The summed E-state index contributed by atoms with van der Waals surface area (Å²) in [5.41, 5.74) is 1.50. The van der Waals surface area contributed by atoms with Crippen LogP contribution in [0.4, 0.5) is 0 Å². The van der Waals surface area contributed by atoms with Crippen molar-refractivity contribution >= 4 is 0 Å². The minimum absolute atomic E-state index is 0.789. The highest BCUT2D eigenvalue weighted by Gasteiger charge is 2.14. The summed E-state index contributed by atoms with van der Waals surface area (Å²) in [4.78, 5) is 0.